The molecular formula is C12H19NO4S. The van der Waals surface area contributed by atoms with E-state index in [0.29, 0.717) is 11.6 Å². The van der Waals surface area contributed by atoms with E-state index in [-0.39, 0.29) is 5.75 Å². The number of morpholine rings is 1. The van der Waals surface area contributed by atoms with Crippen LogP contribution in [-0.4, -0.2) is 38.8 Å². The van der Waals surface area contributed by atoms with Gasteiger partial charge in [-0.3, -0.25) is 4.55 Å². The summed E-state index contributed by atoms with van der Waals surface area (Å²) in [5.41, 5.74) is 0.593. The van der Waals surface area contributed by atoms with Crippen molar-refractivity contribution in [1.29, 1.82) is 0 Å². The molecule has 1 aliphatic heterocycles. The van der Waals surface area contributed by atoms with Crippen molar-refractivity contribution in [2.45, 2.75) is 18.7 Å². The zero-order valence-electron chi connectivity index (χ0n) is 10.4. The highest BCUT2D eigenvalue weighted by Crippen LogP contribution is 2.02. The third kappa shape index (κ3) is 7.39. The van der Waals surface area contributed by atoms with Crippen LogP contribution in [0.15, 0.2) is 30.3 Å². The molecule has 2 N–H and O–H groups in total. The maximum absolute atomic E-state index is 10.4. The number of ether oxygens (including phenoxy) is 1. The first-order valence-corrected chi connectivity index (χ1v) is 7.38. The first kappa shape index (κ1) is 15.1. The van der Waals surface area contributed by atoms with Crippen LogP contribution < -0.4 is 5.32 Å². The molecule has 0 radical (unpaired) electrons. The molecule has 0 saturated carbocycles. The molecule has 0 aliphatic carbocycles. The molecule has 18 heavy (non-hydrogen) atoms. The van der Waals surface area contributed by atoms with Gasteiger partial charge in [0.2, 0.25) is 0 Å². The largest absolute Gasteiger partial charge is 0.379 e. The zero-order valence-corrected chi connectivity index (χ0v) is 11.2. The van der Waals surface area contributed by atoms with Crippen molar-refractivity contribution >= 4 is 10.1 Å². The van der Waals surface area contributed by atoms with Gasteiger partial charge in [0.05, 0.1) is 13.2 Å². The van der Waals surface area contributed by atoms with Gasteiger partial charge in [-0.15, -0.1) is 0 Å². The summed E-state index contributed by atoms with van der Waals surface area (Å²) in [7, 11) is -3.88. The lowest BCUT2D eigenvalue weighted by atomic mass is 10.2. The van der Waals surface area contributed by atoms with E-state index in [1.807, 2.05) is 0 Å². The van der Waals surface area contributed by atoms with Crippen LogP contribution in [0.1, 0.15) is 12.5 Å². The van der Waals surface area contributed by atoms with Crippen molar-refractivity contribution in [3.63, 3.8) is 0 Å². The van der Waals surface area contributed by atoms with Crippen molar-refractivity contribution in [2.24, 2.45) is 0 Å². The minimum atomic E-state index is -3.88. The summed E-state index contributed by atoms with van der Waals surface area (Å²) in [6.07, 6.45) is 0. The quantitative estimate of drug-likeness (QED) is 0.788. The van der Waals surface area contributed by atoms with Gasteiger partial charge in [-0.2, -0.15) is 8.42 Å². The predicted octanol–water partition coefficient (Wildman–Crippen LogP) is 1.07. The van der Waals surface area contributed by atoms with Crippen molar-refractivity contribution < 1.29 is 17.7 Å². The molecule has 1 aromatic rings. The van der Waals surface area contributed by atoms with Crippen molar-refractivity contribution in [3.05, 3.63) is 35.9 Å². The van der Waals surface area contributed by atoms with Crippen molar-refractivity contribution in [1.82, 2.24) is 5.32 Å². The smallest absolute Gasteiger partial charge is 0.269 e. The number of benzene rings is 1. The van der Waals surface area contributed by atoms with E-state index in [1.165, 1.54) is 0 Å². The Morgan fingerprint density at radius 3 is 2.44 bits per heavy atom. The van der Waals surface area contributed by atoms with E-state index in [0.717, 1.165) is 19.8 Å². The van der Waals surface area contributed by atoms with E-state index >= 15 is 0 Å². The fourth-order valence-electron chi connectivity index (χ4n) is 1.48. The summed E-state index contributed by atoms with van der Waals surface area (Å²) in [5, 5.41) is 3.26. The first-order valence-electron chi connectivity index (χ1n) is 5.77. The molecule has 1 aromatic carbocycles. The fraction of sp³-hybridized carbons (Fsp3) is 0.500. The molecule has 1 atom stereocenters. The topological polar surface area (TPSA) is 75.6 Å². The van der Waals surface area contributed by atoms with Gasteiger partial charge in [0.1, 0.15) is 5.75 Å². The molecule has 1 heterocycles. The lowest BCUT2D eigenvalue weighted by Crippen LogP contribution is -2.38. The molecule has 0 unspecified atom stereocenters. The standard InChI is InChI=1S/C7H8O3S.C5H11NO/c8-11(9,10)6-7-4-2-1-3-5-7;1-5-4-7-3-2-6-5/h1-5H,6H2,(H,8,9,10);5-6H,2-4H2,1H3/t;5-/m.1/s1. The Bertz CT molecular complexity index is 427. The Hall–Kier alpha value is -0.950. The van der Waals surface area contributed by atoms with Crippen LogP contribution >= 0.6 is 0 Å². The molecule has 2 rings (SSSR count). The second kappa shape index (κ2) is 7.48. The van der Waals surface area contributed by atoms with Crippen LogP contribution in [0, 0.1) is 0 Å². The minimum absolute atomic E-state index is 0.312. The lowest BCUT2D eigenvalue weighted by molar-refractivity contribution is 0.0824. The molecule has 1 saturated heterocycles. The predicted molar refractivity (Wildman–Crippen MR) is 70.0 cm³/mol. The van der Waals surface area contributed by atoms with E-state index < -0.39 is 10.1 Å². The van der Waals surface area contributed by atoms with Gasteiger partial charge in [-0.05, 0) is 12.5 Å². The van der Waals surface area contributed by atoms with E-state index in [2.05, 4.69) is 12.2 Å². The Labute approximate surface area is 108 Å². The maximum atomic E-state index is 10.4. The highest BCUT2D eigenvalue weighted by Gasteiger charge is 2.05. The molecule has 102 valence electrons. The third-order valence-electron chi connectivity index (χ3n) is 2.30. The fourth-order valence-corrected chi connectivity index (χ4v) is 2.10. The van der Waals surface area contributed by atoms with Gasteiger partial charge in [0, 0.05) is 12.6 Å². The molecule has 5 nitrogen and oxygen atoms in total. The second-order valence-electron chi connectivity index (χ2n) is 4.14. The van der Waals surface area contributed by atoms with Crippen LogP contribution in [0.4, 0.5) is 0 Å². The van der Waals surface area contributed by atoms with Crippen LogP contribution in [0.25, 0.3) is 0 Å². The number of rotatable bonds is 2. The molecular weight excluding hydrogens is 254 g/mol. The van der Waals surface area contributed by atoms with Crippen molar-refractivity contribution in [2.75, 3.05) is 19.8 Å². The summed E-state index contributed by atoms with van der Waals surface area (Å²) in [4.78, 5) is 0. The highest BCUT2D eigenvalue weighted by atomic mass is 32.2. The van der Waals surface area contributed by atoms with Crippen LogP contribution in [0.5, 0.6) is 0 Å². The molecule has 0 bridgehead atoms. The van der Waals surface area contributed by atoms with Gasteiger partial charge >= 0.3 is 0 Å². The highest BCUT2D eigenvalue weighted by molar-refractivity contribution is 7.85. The Morgan fingerprint density at radius 1 is 1.39 bits per heavy atom. The van der Waals surface area contributed by atoms with Crippen LogP contribution in [0.3, 0.4) is 0 Å². The molecule has 1 fully saturated rings. The van der Waals surface area contributed by atoms with Gasteiger partial charge < -0.3 is 10.1 Å². The number of hydrogen-bond donors (Lipinski definition) is 2. The monoisotopic (exact) mass is 273 g/mol. The maximum Gasteiger partial charge on any atom is 0.269 e. The lowest BCUT2D eigenvalue weighted by Gasteiger charge is -2.19. The molecule has 0 amide bonds. The van der Waals surface area contributed by atoms with Gasteiger partial charge in [-0.1, -0.05) is 30.3 Å². The average Bonchev–Trinajstić information content (AvgIpc) is 2.30. The van der Waals surface area contributed by atoms with Gasteiger partial charge in [-0.25, -0.2) is 0 Å². The average molecular weight is 273 g/mol. The summed E-state index contributed by atoms with van der Waals surface area (Å²) < 4.78 is 34.3. The molecule has 0 spiro atoms. The van der Waals surface area contributed by atoms with Gasteiger partial charge in [0.15, 0.2) is 0 Å². The Morgan fingerprint density at radius 2 is 2.06 bits per heavy atom. The van der Waals surface area contributed by atoms with E-state index in [1.54, 1.807) is 30.3 Å². The van der Waals surface area contributed by atoms with Crippen LogP contribution in [0.2, 0.25) is 0 Å². The summed E-state index contributed by atoms with van der Waals surface area (Å²) >= 11 is 0. The van der Waals surface area contributed by atoms with Crippen molar-refractivity contribution in [3.8, 4) is 0 Å². The Balaban J connectivity index is 0.000000199. The van der Waals surface area contributed by atoms with E-state index in [4.69, 9.17) is 9.29 Å². The van der Waals surface area contributed by atoms with Crippen LogP contribution in [-0.2, 0) is 20.6 Å². The summed E-state index contributed by atoms with van der Waals surface area (Å²) in [5.74, 6) is -0.312. The molecule has 6 heteroatoms. The molecule has 0 aromatic heterocycles. The second-order valence-corrected chi connectivity index (χ2v) is 5.59. The number of hydrogen-bond acceptors (Lipinski definition) is 4. The SMILES string of the molecule is C[C@@H]1COCCN1.O=S(=O)(O)Cc1ccccc1. The first-order chi connectivity index (χ1) is 8.47. The van der Waals surface area contributed by atoms with E-state index in [9.17, 15) is 8.42 Å². The van der Waals surface area contributed by atoms with Gasteiger partial charge in [0.25, 0.3) is 10.1 Å². The number of nitrogens with one attached hydrogen (secondary N) is 1. The third-order valence-corrected chi connectivity index (χ3v) is 3.00. The summed E-state index contributed by atoms with van der Waals surface area (Å²) in [6, 6.07) is 9.09. The normalized spacial score (nSPS) is 19.8. The minimum Gasteiger partial charge on any atom is -0.379 e. The zero-order chi connectivity index (χ0) is 13.4. The molecule has 1 aliphatic rings. The Kier molecular flexibility index (Phi) is 6.28. The summed E-state index contributed by atoms with van der Waals surface area (Å²) in [6.45, 7) is 4.89.